The number of benzene rings is 2. The van der Waals surface area contributed by atoms with Crippen LogP contribution in [0.2, 0.25) is 0 Å². The molecule has 0 saturated heterocycles. The Bertz CT molecular complexity index is 760. The maximum absolute atomic E-state index is 12.8. The molecule has 2 N–H and O–H groups in total. The van der Waals surface area contributed by atoms with E-state index in [1.165, 1.54) is 0 Å². The van der Waals surface area contributed by atoms with Crippen molar-refractivity contribution in [3.05, 3.63) is 60.2 Å². The molecule has 2 aromatic rings. The molecule has 0 fully saturated rings. The first-order chi connectivity index (χ1) is 13.4. The van der Waals surface area contributed by atoms with Crippen molar-refractivity contribution in [3.63, 3.8) is 0 Å². The molecule has 0 aliphatic carbocycles. The summed E-state index contributed by atoms with van der Waals surface area (Å²) in [6, 6.07) is 16.3. The lowest BCUT2D eigenvalue weighted by Gasteiger charge is -2.28. The molecule has 2 rings (SSSR count). The second kappa shape index (κ2) is 10.3. The van der Waals surface area contributed by atoms with Gasteiger partial charge in [0.15, 0.2) is 6.61 Å². The molecule has 6 nitrogen and oxygen atoms in total. The average Bonchev–Trinajstić information content (AvgIpc) is 2.69. The molecule has 0 aliphatic rings. The third-order valence-electron chi connectivity index (χ3n) is 4.29. The van der Waals surface area contributed by atoms with E-state index in [1.807, 2.05) is 70.2 Å². The molecule has 0 spiro atoms. The van der Waals surface area contributed by atoms with Crippen molar-refractivity contribution in [1.82, 2.24) is 10.7 Å². The van der Waals surface area contributed by atoms with Crippen molar-refractivity contribution in [1.29, 1.82) is 0 Å². The minimum atomic E-state index is -0.661. The number of carbonyl (C=O) groups is 2. The van der Waals surface area contributed by atoms with Gasteiger partial charge in [-0.25, -0.2) is 0 Å². The highest BCUT2D eigenvalue weighted by Gasteiger charge is 2.25. The van der Waals surface area contributed by atoms with Crippen LogP contribution in [0.15, 0.2) is 54.6 Å². The monoisotopic (exact) mass is 383 g/mol. The third-order valence-corrected chi connectivity index (χ3v) is 4.29. The number of aryl methyl sites for hydroxylation is 1. The molecule has 2 amide bonds. The van der Waals surface area contributed by atoms with Crippen molar-refractivity contribution in [2.75, 3.05) is 18.2 Å². The van der Waals surface area contributed by atoms with Crippen LogP contribution in [0, 0.1) is 12.8 Å². The molecule has 2 aromatic carbocycles. The minimum Gasteiger partial charge on any atom is -0.484 e. The highest BCUT2D eigenvalue weighted by molar-refractivity contribution is 5.89. The lowest BCUT2D eigenvalue weighted by Crippen LogP contribution is -2.55. The summed E-state index contributed by atoms with van der Waals surface area (Å²) in [4.78, 5) is 25.1. The van der Waals surface area contributed by atoms with Gasteiger partial charge < -0.3 is 10.1 Å². The lowest BCUT2D eigenvalue weighted by atomic mass is 10.0. The Balaban J connectivity index is 1.96. The number of rotatable bonds is 9. The van der Waals surface area contributed by atoms with E-state index in [4.69, 9.17) is 4.74 Å². The zero-order valence-electron chi connectivity index (χ0n) is 16.9. The first-order valence-electron chi connectivity index (χ1n) is 9.52. The summed E-state index contributed by atoms with van der Waals surface area (Å²) in [6.07, 6.45) is 0. The van der Waals surface area contributed by atoms with Gasteiger partial charge in [-0.2, -0.15) is 0 Å². The normalized spacial score (nSPS) is 11.6. The van der Waals surface area contributed by atoms with Gasteiger partial charge in [-0.05, 0) is 44.0 Å². The van der Waals surface area contributed by atoms with E-state index in [1.54, 1.807) is 17.1 Å². The number of hydrogen-bond acceptors (Lipinski definition) is 4. The molecule has 0 aromatic heterocycles. The number of ether oxygens (including phenoxy) is 1. The maximum atomic E-state index is 12.8. The summed E-state index contributed by atoms with van der Waals surface area (Å²) in [7, 11) is 0. The van der Waals surface area contributed by atoms with Crippen LogP contribution in [0.3, 0.4) is 0 Å². The fourth-order valence-corrected chi connectivity index (χ4v) is 2.67. The van der Waals surface area contributed by atoms with Gasteiger partial charge >= 0.3 is 0 Å². The van der Waals surface area contributed by atoms with Crippen LogP contribution >= 0.6 is 0 Å². The van der Waals surface area contributed by atoms with Crippen LogP contribution < -0.4 is 20.5 Å². The van der Waals surface area contributed by atoms with Gasteiger partial charge in [-0.1, -0.05) is 49.7 Å². The Kier molecular flexibility index (Phi) is 7.87. The van der Waals surface area contributed by atoms with Crippen molar-refractivity contribution in [3.8, 4) is 5.75 Å². The quantitative estimate of drug-likeness (QED) is 0.653. The topological polar surface area (TPSA) is 70.7 Å². The number of anilines is 1. The molecule has 0 radical (unpaired) electrons. The zero-order valence-corrected chi connectivity index (χ0v) is 16.9. The predicted molar refractivity (Wildman–Crippen MR) is 111 cm³/mol. The number of carbonyl (C=O) groups excluding carboxylic acids is 2. The van der Waals surface area contributed by atoms with E-state index >= 15 is 0 Å². The Labute approximate surface area is 166 Å². The Morgan fingerprint density at radius 2 is 1.68 bits per heavy atom. The fraction of sp³-hybridized carbons (Fsp3) is 0.364. The average molecular weight is 383 g/mol. The number of para-hydroxylation sites is 1. The first-order valence-corrected chi connectivity index (χ1v) is 9.52. The summed E-state index contributed by atoms with van der Waals surface area (Å²) in [5.74, 6) is -0.0568. The van der Waals surface area contributed by atoms with E-state index in [0.29, 0.717) is 12.3 Å². The van der Waals surface area contributed by atoms with Crippen molar-refractivity contribution in [2.45, 2.75) is 33.7 Å². The fourth-order valence-electron chi connectivity index (χ4n) is 2.67. The molecule has 0 aliphatic heterocycles. The van der Waals surface area contributed by atoms with Gasteiger partial charge in [0.1, 0.15) is 11.8 Å². The van der Waals surface area contributed by atoms with Crippen LogP contribution in [0.25, 0.3) is 0 Å². The standard InChI is InChI=1S/C22H29N3O3/c1-5-25(18-13-11-17(4)12-14-18)24-22(27)21(16(2)3)23-20(26)15-28-19-9-7-6-8-10-19/h6-14,16,21H,5,15H2,1-4H3,(H,23,26)(H,24,27)/t21-/m0/s1. The van der Waals surface area contributed by atoms with Crippen LogP contribution in [-0.2, 0) is 9.59 Å². The molecule has 150 valence electrons. The predicted octanol–water partition coefficient (Wildman–Crippen LogP) is 3.07. The Morgan fingerprint density at radius 1 is 1.04 bits per heavy atom. The van der Waals surface area contributed by atoms with E-state index in [2.05, 4.69) is 10.7 Å². The van der Waals surface area contributed by atoms with Crippen LogP contribution in [-0.4, -0.2) is 31.0 Å². The largest absolute Gasteiger partial charge is 0.484 e. The Hall–Kier alpha value is -3.02. The Morgan fingerprint density at radius 3 is 2.25 bits per heavy atom. The molecular formula is C22H29N3O3. The highest BCUT2D eigenvalue weighted by Crippen LogP contribution is 2.14. The van der Waals surface area contributed by atoms with Gasteiger partial charge in [-0.15, -0.1) is 0 Å². The molecule has 1 atom stereocenters. The first kappa shape index (κ1) is 21.3. The summed E-state index contributed by atoms with van der Waals surface area (Å²) < 4.78 is 5.46. The number of hydrogen-bond donors (Lipinski definition) is 2. The van der Waals surface area contributed by atoms with Crippen LogP contribution in [0.5, 0.6) is 5.75 Å². The lowest BCUT2D eigenvalue weighted by molar-refractivity contribution is -0.131. The summed E-state index contributed by atoms with van der Waals surface area (Å²) >= 11 is 0. The molecule has 0 heterocycles. The third kappa shape index (κ3) is 6.30. The molecular weight excluding hydrogens is 354 g/mol. The number of nitrogens with zero attached hydrogens (tertiary/aromatic N) is 1. The highest BCUT2D eigenvalue weighted by atomic mass is 16.5. The molecule has 0 saturated carbocycles. The van der Waals surface area contributed by atoms with Crippen LogP contribution in [0.4, 0.5) is 5.69 Å². The van der Waals surface area contributed by atoms with E-state index in [-0.39, 0.29) is 24.3 Å². The van der Waals surface area contributed by atoms with E-state index in [0.717, 1.165) is 11.3 Å². The number of hydrazine groups is 1. The van der Waals surface area contributed by atoms with Crippen molar-refractivity contribution < 1.29 is 14.3 Å². The molecule has 0 unspecified atom stereocenters. The molecule has 0 bridgehead atoms. The number of nitrogens with one attached hydrogen (secondary N) is 2. The van der Waals surface area contributed by atoms with E-state index < -0.39 is 6.04 Å². The smallest absolute Gasteiger partial charge is 0.261 e. The van der Waals surface area contributed by atoms with Crippen molar-refractivity contribution in [2.24, 2.45) is 5.92 Å². The van der Waals surface area contributed by atoms with Crippen molar-refractivity contribution >= 4 is 17.5 Å². The van der Waals surface area contributed by atoms with Gasteiger partial charge in [0.2, 0.25) is 0 Å². The van der Waals surface area contributed by atoms with Gasteiger partial charge in [0.05, 0.1) is 5.69 Å². The van der Waals surface area contributed by atoms with Gasteiger partial charge in [0, 0.05) is 6.54 Å². The molecule has 6 heteroatoms. The molecule has 28 heavy (non-hydrogen) atoms. The minimum absolute atomic E-state index is 0.0719. The summed E-state index contributed by atoms with van der Waals surface area (Å²) in [6.45, 7) is 8.22. The van der Waals surface area contributed by atoms with Crippen LogP contribution in [0.1, 0.15) is 26.3 Å². The SMILES string of the molecule is CCN(NC(=O)[C@@H](NC(=O)COc1ccccc1)C(C)C)c1ccc(C)cc1. The van der Waals surface area contributed by atoms with E-state index in [9.17, 15) is 9.59 Å². The zero-order chi connectivity index (χ0) is 20.5. The second-order valence-corrected chi connectivity index (χ2v) is 6.95. The van der Waals surface area contributed by atoms with Gasteiger partial charge in [0.25, 0.3) is 11.8 Å². The summed E-state index contributed by atoms with van der Waals surface area (Å²) in [5.41, 5.74) is 4.94. The summed E-state index contributed by atoms with van der Waals surface area (Å²) in [5, 5.41) is 4.54. The number of amides is 2. The maximum Gasteiger partial charge on any atom is 0.261 e. The van der Waals surface area contributed by atoms with Gasteiger partial charge in [-0.3, -0.25) is 20.0 Å². The second-order valence-electron chi connectivity index (χ2n) is 6.95.